The molecule has 3 N–H and O–H groups in total. The summed E-state index contributed by atoms with van der Waals surface area (Å²) in [5.74, 6) is 0.585. The first kappa shape index (κ1) is 15.5. The van der Waals surface area contributed by atoms with E-state index in [4.69, 9.17) is 10.5 Å². The van der Waals surface area contributed by atoms with Crippen LogP contribution in [0.2, 0.25) is 0 Å². The first-order valence-electron chi connectivity index (χ1n) is 6.73. The van der Waals surface area contributed by atoms with Gasteiger partial charge in [-0.15, -0.1) is 0 Å². The number of nitrogens with one attached hydrogen (secondary N) is 1. The molecule has 0 radical (unpaired) electrons. The van der Waals surface area contributed by atoms with E-state index < -0.39 is 0 Å². The molecule has 0 aliphatic heterocycles. The number of amides is 1. The molecule has 1 amide bonds. The second-order valence-electron chi connectivity index (χ2n) is 5.11. The zero-order valence-electron chi connectivity index (χ0n) is 12.0. The Labute approximate surface area is 115 Å². The molecule has 0 aliphatic carbocycles. The second-order valence-corrected chi connectivity index (χ2v) is 5.11. The molecule has 0 fully saturated rings. The maximum atomic E-state index is 11.7. The van der Waals surface area contributed by atoms with E-state index in [0.717, 1.165) is 17.7 Å². The Balaban J connectivity index is 2.29. The normalized spacial score (nSPS) is 10.7. The van der Waals surface area contributed by atoms with E-state index in [9.17, 15) is 4.79 Å². The summed E-state index contributed by atoms with van der Waals surface area (Å²) in [6.45, 7) is 7.36. The van der Waals surface area contributed by atoms with Crippen molar-refractivity contribution >= 4 is 17.3 Å². The molecule has 1 aromatic carbocycles. The van der Waals surface area contributed by atoms with Crippen molar-refractivity contribution in [2.45, 2.75) is 33.6 Å². The lowest BCUT2D eigenvalue weighted by atomic mass is 10.1. The number of hydrogen-bond donors (Lipinski definition) is 2. The van der Waals surface area contributed by atoms with Gasteiger partial charge in [0.25, 0.3) is 0 Å². The molecule has 0 saturated heterocycles. The molecule has 1 aromatic rings. The zero-order chi connectivity index (χ0) is 14.3. The SMILES string of the molecule is Cc1c(N)cccc1NC(=O)CCOCCC(C)C. The van der Waals surface area contributed by atoms with Crippen molar-refractivity contribution in [1.82, 2.24) is 0 Å². The van der Waals surface area contributed by atoms with Gasteiger partial charge in [-0.3, -0.25) is 4.79 Å². The maximum Gasteiger partial charge on any atom is 0.226 e. The molecule has 0 bridgehead atoms. The Morgan fingerprint density at radius 2 is 2.11 bits per heavy atom. The molecule has 0 aliphatic rings. The minimum Gasteiger partial charge on any atom is -0.398 e. The lowest BCUT2D eigenvalue weighted by Gasteiger charge is -2.10. The zero-order valence-corrected chi connectivity index (χ0v) is 12.0. The van der Waals surface area contributed by atoms with Crippen LogP contribution in [-0.2, 0) is 9.53 Å². The molecule has 0 heterocycles. The van der Waals surface area contributed by atoms with Crippen molar-refractivity contribution in [3.63, 3.8) is 0 Å². The predicted molar refractivity (Wildman–Crippen MR) is 79.1 cm³/mol. The fourth-order valence-corrected chi connectivity index (χ4v) is 1.59. The van der Waals surface area contributed by atoms with E-state index in [1.54, 1.807) is 0 Å². The summed E-state index contributed by atoms with van der Waals surface area (Å²) < 4.78 is 5.42. The molecule has 0 atom stereocenters. The number of rotatable bonds is 7. The van der Waals surface area contributed by atoms with Crippen LogP contribution in [0.3, 0.4) is 0 Å². The molecule has 0 aromatic heterocycles. The van der Waals surface area contributed by atoms with Crippen LogP contribution in [0.4, 0.5) is 11.4 Å². The van der Waals surface area contributed by atoms with Crippen LogP contribution in [0.15, 0.2) is 18.2 Å². The topological polar surface area (TPSA) is 64.3 Å². The van der Waals surface area contributed by atoms with Crippen molar-refractivity contribution in [3.8, 4) is 0 Å². The van der Waals surface area contributed by atoms with Gasteiger partial charge in [-0.1, -0.05) is 19.9 Å². The van der Waals surface area contributed by atoms with Crippen LogP contribution in [0, 0.1) is 12.8 Å². The third-order valence-electron chi connectivity index (χ3n) is 2.96. The van der Waals surface area contributed by atoms with Gasteiger partial charge in [0.2, 0.25) is 5.91 Å². The number of nitrogens with two attached hydrogens (primary N) is 1. The van der Waals surface area contributed by atoms with E-state index in [0.29, 0.717) is 31.2 Å². The molecular formula is C15H24N2O2. The van der Waals surface area contributed by atoms with E-state index >= 15 is 0 Å². The summed E-state index contributed by atoms with van der Waals surface area (Å²) in [4.78, 5) is 11.7. The number of hydrogen-bond acceptors (Lipinski definition) is 3. The van der Waals surface area contributed by atoms with Crippen LogP contribution >= 0.6 is 0 Å². The van der Waals surface area contributed by atoms with Gasteiger partial charge in [-0.2, -0.15) is 0 Å². The van der Waals surface area contributed by atoms with Crippen LogP contribution < -0.4 is 11.1 Å². The number of anilines is 2. The first-order chi connectivity index (χ1) is 9.00. The third-order valence-corrected chi connectivity index (χ3v) is 2.96. The highest BCUT2D eigenvalue weighted by Crippen LogP contribution is 2.20. The summed E-state index contributed by atoms with van der Waals surface area (Å²) in [6, 6.07) is 5.50. The molecule has 1 rings (SSSR count). The number of carbonyl (C=O) groups is 1. The average molecular weight is 264 g/mol. The highest BCUT2D eigenvalue weighted by molar-refractivity contribution is 5.92. The smallest absolute Gasteiger partial charge is 0.226 e. The second kappa shape index (κ2) is 7.79. The Kier molecular flexibility index (Phi) is 6.36. The highest BCUT2D eigenvalue weighted by atomic mass is 16.5. The van der Waals surface area contributed by atoms with E-state index in [1.807, 2.05) is 25.1 Å². The standard InChI is InChI=1S/C15H24N2O2/c1-11(2)7-9-19-10-8-15(18)17-14-6-4-5-13(16)12(14)3/h4-6,11H,7-10,16H2,1-3H3,(H,17,18). The summed E-state index contributed by atoms with van der Waals surface area (Å²) in [6.07, 6.45) is 1.39. The Morgan fingerprint density at radius 1 is 1.37 bits per heavy atom. The van der Waals surface area contributed by atoms with Gasteiger partial charge >= 0.3 is 0 Å². The molecular weight excluding hydrogens is 240 g/mol. The number of benzene rings is 1. The van der Waals surface area contributed by atoms with Crippen molar-refractivity contribution < 1.29 is 9.53 Å². The first-order valence-corrected chi connectivity index (χ1v) is 6.73. The van der Waals surface area contributed by atoms with Gasteiger partial charge in [0, 0.05) is 18.0 Å². The summed E-state index contributed by atoms with van der Waals surface area (Å²) in [5, 5.41) is 2.85. The summed E-state index contributed by atoms with van der Waals surface area (Å²) in [5.41, 5.74) is 8.14. The molecule has 0 unspecified atom stereocenters. The Morgan fingerprint density at radius 3 is 2.79 bits per heavy atom. The minimum atomic E-state index is -0.0433. The number of ether oxygens (including phenoxy) is 1. The van der Waals surface area contributed by atoms with Gasteiger partial charge < -0.3 is 15.8 Å². The minimum absolute atomic E-state index is 0.0433. The lowest BCUT2D eigenvalue weighted by molar-refractivity contribution is -0.117. The van der Waals surface area contributed by atoms with Gasteiger partial charge in [-0.25, -0.2) is 0 Å². The monoisotopic (exact) mass is 264 g/mol. The summed E-state index contributed by atoms with van der Waals surface area (Å²) in [7, 11) is 0. The molecule has 0 spiro atoms. The molecule has 106 valence electrons. The predicted octanol–water partition coefficient (Wildman–Crippen LogP) is 2.97. The number of nitrogen functional groups attached to an aromatic ring is 1. The van der Waals surface area contributed by atoms with Crippen molar-refractivity contribution in [1.29, 1.82) is 0 Å². The van der Waals surface area contributed by atoms with Crippen molar-refractivity contribution in [2.75, 3.05) is 24.3 Å². The molecule has 4 nitrogen and oxygen atoms in total. The fraction of sp³-hybridized carbons (Fsp3) is 0.533. The Bertz CT molecular complexity index is 417. The molecule has 0 saturated carbocycles. The maximum absolute atomic E-state index is 11.7. The van der Waals surface area contributed by atoms with Gasteiger partial charge in [0.15, 0.2) is 0 Å². The van der Waals surface area contributed by atoms with Crippen LogP contribution in [0.5, 0.6) is 0 Å². The van der Waals surface area contributed by atoms with Gasteiger partial charge in [-0.05, 0) is 37.0 Å². The van der Waals surface area contributed by atoms with Crippen molar-refractivity contribution in [2.24, 2.45) is 5.92 Å². The fourth-order valence-electron chi connectivity index (χ4n) is 1.59. The van der Waals surface area contributed by atoms with Crippen LogP contribution in [0.25, 0.3) is 0 Å². The van der Waals surface area contributed by atoms with Gasteiger partial charge in [0.05, 0.1) is 13.0 Å². The average Bonchev–Trinajstić information content (AvgIpc) is 2.34. The molecule has 19 heavy (non-hydrogen) atoms. The Hall–Kier alpha value is -1.55. The summed E-state index contributed by atoms with van der Waals surface area (Å²) >= 11 is 0. The van der Waals surface area contributed by atoms with E-state index in [-0.39, 0.29) is 5.91 Å². The van der Waals surface area contributed by atoms with E-state index in [1.165, 1.54) is 0 Å². The van der Waals surface area contributed by atoms with Crippen LogP contribution in [-0.4, -0.2) is 19.1 Å². The third kappa shape index (κ3) is 5.75. The largest absolute Gasteiger partial charge is 0.398 e. The molecule has 4 heteroatoms. The van der Waals surface area contributed by atoms with Crippen molar-refractivity contribution in [3.05, 3.63) is 23.8 Å². The van der Waals surface area contributed by atoms with E-state index in [2.05, 4.69) is 19.2 Å². The van der Waals surface area contributed by atoms with Crippen LogP contribution in [0.1, 0.15) is 32.3 Å². The van der Waals surface area contributed by atoms with Gasteiger partial charge in [0.1, 0.15) is 0 Å². The quantitative estimate of drug-likeness (QED) is 0.588. The lowest BCUT2D eigenvalue weighted by Crippen LogP contribution is -2.15. The number of carbonyl (C=O) groups excluding carboxylic acids is 1. The highest BCUT2D eigenvalue weighted by Gasteiger charge is 2.06.